The Hall–Kier alpha value is 0.662. The molecule has 0 heterocycles. The van der Waals surface area contributed by atoms with Crippen molar-refractivity contribution in [2.24, 2.45) is 0 Å². The van der Waals surface area contributed by atoms with E-state index in [0.29, 0.717) is 0 Å². The van der Waals surface area contributed by atoms with E-state index in [2.05, 4.69) is 65.8 Å². The Bertz CT molecular complexity index is 593. The van der Waals surface area contributed by atoms with Crippen LogP contribution in [-0.2, 0) is 14.0 Å². The third kappa shape index (κ3) is 4.13. The summed E-state index contributed by atoms with van der Waals surface area (Å²) in [7, 11) is 12.1. The van der Waals surface area contributed by atoms with Crippen molar-refractivity contribution < 1.29 is 14.0 Å². The van der Waals surface area contributed by atoms with E-state index in [1.165, 1.54) is 44.2 Å². The third-order valence-electron chi connectivity index (χ3n) is 7.60. The fourth-order valence-corrected chi connectivity index (χ4v) is 26.7. The summed E-state index contributed by atoms with van der Waals surface area (Å²) in [5.41, 5.74) is 0. The van der Waals surface area contributed by atoms with E-state index in [0.717, 1.165) is 12.8 Å². The van der Waals surface area contributed by atoms with Crippen LogP contribution in [0.15, 0.2) is 42.6 Å². The van der Waals surface area contributed by atoms with Gasteiger partial charge in [-0.25, -0.2) is 0 Å². The molecule has 0 aromatic heterocycles. The number of rotatable bonds is 10. The quantitative estimate of drug-likeness (QED) is 0.250. The van der Waals surface area contributed by atoms with Crippen LogP contribution in [0.4, 0.5) is 0 Å². The molecule has 154 valence electrons. The molecule has 0 amide bonds. The second kappa shape index (κ2) is 9.65. The normalized spacial score (nSPS) is 19.0. The molecule has 2 aliphatic carbocycles. The number of hydrogen-bond acceptors (Lipinski definition) is 0. The van der Waals surface area contributed by atoms with Gasteiger partial charge in [-0.3, -0.25) is 0 Å². The van der Waals surface area contributed by atoms with Crippen molar-refractivity contribution in [3.05, 3.63) is 42.6 Å². The van der Waals surface area contributed by atoms with Gasteiger partial charge in [-0.15, -0.1) is 0 Å². The van der Waals surface area contributed by atoms with Crippen molar-refractivity contribution in [3.8, 4) is 0 Å². The van der Waals surface area contributed by atoms with E-state index < -0.39 is 30.1 Å². The molecule has 0 fully saturated rings. The molecule has 0 radical (unpaired) electrons. The average molecular weight is 526 g/mol. The van der Waals surface area contributed by atoms with Crippen molar-refractivity contribution in [1.82, 2.24) is 0 Å². The van der Waals surface area contributed by atoms with Gasteiger partial charge in [0.15, 0.2) is 0 Å². The molecular formula is C22H38Cl2MoSi2. The molecule has 0 saturated carbocycles. The Morgan fingerprint density at radius 1 is 0.667 bits per heavy atom. The zero-order valence-corrected chi connectivity index (χ0v) is 23.6. The van der Waals surface area contributed by atoms with Crippen molar-refractivity contribution in [1.29, 1.82) is 0 Å². The standard InChI is InChI=1S/2C11H19Si.2ClH.Mo/c2*1-4-12(5-2,6-3)11-9-7-8-10-11;;;/h2*7,9H,4-6,8H2,1-3H3;2*1H;/q;;;;+2/p-2. The third-order valence-corrected chi connectivity index (χ3v) is 29.3. The van der Waals surface area contributed by atoms with Crippen LogP contribution in [-0.4, -0.2) is 16.1 Å². The van der Waals surface area contributed by atoms with Crippen LogP contribution < -0.4 is 0 Å². The van der Waals surface area contributed by atoms with Crippen molar-refractivity contribution >= 4 is 35.0 Å². The second-order valence-corrected chi connectivity index (χ2v) is 29.6. The van der Waals surface area contributed by atoms with Crippen LogP contribution in [0.1, 0.15) is 54.4 Å². The van der Waals surface area contributed by atoms with E-state index in [1.54, 1.807) is 10.4 Å². The van der Waals surface area contributed by atoms with Gasteiger partial charge in [0, 0.05) is 0 Å². The van der Waals surface area contributed by atoms with Gasteiger partial charge in [0.1, 0.15) is 0 Å². The molecule has 0 N–H and O–H groups in total. The number of allylic oxidation sites excluding steroid dienone is 8. The molecule has 0 aliphatic heterocycles. The molecule has 0 spiro atoms. The Morgan fingerprint density at radius 2 is 0.963 bits per heavy atom. The molecule has 0 atom stereocenters. The first kappa shape index (κ1) is 23.9. The molecule has 0 aromatic carbocycles. The summed E-state index contributed by atoms with van der Waals surface area (Å²) in [5, 5.41) is 3.27. The Labute approximate surface area is 181 Å². The average Bonchev–Trinajstić information content (AvgIpc) is 3.37. The molecule has 0 saturated heterocycles. The molecule has 0 bridgehead atoms. The summed E-state index contributed by atoms with van der Waals surface area (Å²) >= 11 is -3.29. The van der Waals surface area contributed by atoms with Gasteiger partial charge < -0.3 is 0 Å². The molecular weight excluding hydrogens is 487 g/mol. The van der Waals surface area contributed by atoms with E-state index in [1.807, 2.05) is 0 Å². The number of hydrogen-bond donors (Lipinski definition) is 0. The predicted octanol–water partition coefficient (Wildman–Crippen LogP) is 8.97. The molecule has 2 aliphatic rings. The Morgan fingerprint density at radius 3 is 1.22 bits per heavy atom. The molecule has 0 unspecified atom stereocenters. The summed E-state index contributed by atoms with van der Waals surface area (Å²) in [6, 6.07) is 7.82. The van der Waals surface area contributed by atoms with Crippen LogP contribution >= 0.6 is 18.8 Å². The summed E-state index contributed by atoms with van der Waals surface area (Å²) in [4.78, 5) is 0. The van der Waals surface area contributed by atoms with Crippen LogP contribution in [0.25, 0.3) is 0 Å². The van der Waals surface area contributed by atoms with Crippen LogP contribution in [0.2, 0.25) is 36.3 Å². The second-order valence-electron chi connectivity index (χ2n) is 8.04. The minimum absolute atomic E-state index is 1.01. The van der Waals surface area contributed by atoms with Gasteiger partial charge >= 0.3 is 182 Å². The molecule has 0 aromatic rings. The Balaban J connectivity index is 2.63. The van der Waals surface area contributed by atoms with Gasteiger partial charge in [-0.05, 0) is 0 Å². The van der Waals surface area contributed by atoms with E-state index >= 15 is 0 Å². The summed E-state index contributed by atoms with van der Waals surface area (Å²) in [6.45, 7) is 14.3. The van der Waals surface area contributed by atoms with E-state index in [-0.39, 0.29) is 0 Å². The fourth-order valence-electron chi connectivity index (χ4n) is 5.20. The SMILES string of the molecule is CC[Si](CC)(CC)C1=[C]([Mo]([Cl])([Cl])[C]2=C([Si](CC)(CC)CC)C=CC2)CC=C1. The van der Waals surface area contributed by atoms with Gasteiger partial charge in [-0.2, -0.15) is 0 Å². The minimum atomic E-state index is -3.29. The molecule has 0 nitrogen and oxygen atoms in total. The maximum absolute atomic E-state index is 7.50. The predicted molar refractivity (Wildman–Crippen MR) is 128 cm³/mol. The first-order chi connectivity index (χ1) is 12.8. The van der Waals surface area contributed by atoms with Crippen LogP contribution in [0.3, 0.4) is 0 Å². The van der Waals surface area contributed by atoms with Crippen LogP contribution in [0, 0.1) is 0 Å². The van der Waals surface area contributed by atoms with Crippen LogP contribution in [0.5, 0.6) is 0 Å². The van der Waals surface area contributed by atoms with E-state index in [9.17, 15) is 0 Å². The van der Waals surface area contributed by atoms with E-state index in [4.69, 9.17) is 18.8 Å². The van der Waals surface area contributed by atoms with Crippen molar-refractivity contribution in [3.63, 3.8) is 0 Å². The summed E-state index contributed by atoms with van der Waals surface area (Å²) in [6.07, 6.45) is 11.6. The van der Waals surface area contributed by atoms with Crippen molar-refractivity contribution in [2.75, 3.05) is 0 Å². The Kier molecular flexibility index (Phi) is 8.55. The first-order valence-electron chi connectivity index (χ1n) is 10.8. The number of halogens is 2. The summed E-state index contributed by atoms with van der Waals surface area (Å²) in [5.74, 6) is 0. The van der Waals surface area contributed by atoms with Crippen molar-refractivity contribution in [2.45, 2.75) is 90.6 Å². The monoisotopic (exact) mass is 526 g/mol. The van der Waals surface area contributed by atoms with Gasteiger partial charge in [0.2, 0.25) is 0 Å². The topological polar surface area (TPSA) is 0 Å². The fraction of sp³-hybridized carbons (Fsp3) is 0.636. The molecule has 5 heteroatoms. The zero-order valence-electron chi connectivity index (χ0n) is 18.1. The first-order valence-corrected chi connectivity index (χ1v) is 23.3. The van der Waals surface area contributed by atoms with Gasteiger partial charge in [0.25, 0.3) is 0 Å². The zero-order chi connectivity index (χ0) is 20.3. The molecule has 27 heavy (non-hydrogen) atoms. The summed E-state index contributed by atoms with van der Waals surface area (Å²) < 4.78 is 3.00. The molecule has 2 rings (SSSR count). The van der Waals surface area contributed by atoms with Gasteiger partial charge in [-0.1, -0.05) is 0 Å². The maximum atomic E-state index is 7.50. The van der Waals surface area contributed by atoms with Gasteiger partial charge in [0.05, 0.1) is 0 Å².